The van der Waals surface area contributed by atoms with E-state index in [9.17, 15) is 18.0 Å². The molecule has 1 fully saturated rings. The van der Waals surface area contributed by atoms with Crippen molar-refractivity contribution in [3.63, 3.8) is 0 Å². The number of carbonyl (C=O) groups excluding carboxylic acids is 2. The first-order valence-electron chi connectivity index (χ1n) is 10.7. The summed E-state index contributed by atoms with van der Waals surface area (Å²) in [5, 5.41) is 2.91. The van der Waals surface area contributed by atoms with Crippen LogP contribution in [0.5, 0.6) is 5.75 Å². The van der Waals surface area contributed by atoms with Gasteiger partial charge in [0.15, 0.2) is 0 Å². The molecule has 1 aliphatic rings. The van der Waals surface area contributed by atoms with Crippen LogP contribution in [0, 0.1) is 0 Å². The molecular weight excluding hydrogens is 444 g/mol. The number of carbonyl (C=O) groups is 2. The van der Waals surface area contributed by atoms with Gasteiger partial charge < -0.3 is 15.0 Å². The van der Waals surface area contributed by atoms with Gasteiger partial charge in [-0.2, -0.15) is 0 Å². The van der Waals surface area contributed by atoms with Crippen LogP contribution in [-0.4, -0.2) is 94.8 Å². The Morgan fingerprint density at radius 1 is 0.939 bits per heavy atom. The van der Waals surface area contributed by atoms with E-state index in [1.165, 1.54) is 26.2 Å². The highest BCUT2D eigenvalue weighted by atomic mass is 32.2. The number of benzene rings is 2. The molecule has 1 N–H and O–H groups in total. The molecule has 1 aliphatic heterocycles. The van der Waals surface area contributed by atoms with Gasteiger partial charge in [0.05, 0.1) is 12.0 Å². The summed E-state index contributed by atoms with van der Waals surface area (Å²) in [6, 6.07) is 13.0. The summed E-state index contributed by atoms with van der Waals surface area (Å²) in [5.41, 5.74) is 1.04. The lowest BCUT2D eigenvalue weighted by Crippen LogP contribution is -2.50. The third-order valence-corrected chi connectivity index (χ3v) is 7.43. The number of rotatable bonds is 8. The van der Waals surface area contributed by atoms with Gasteiger partial charge in [-0.1, -0.05) is 0 Å². The smallest absolute Gasteiger partial charge is 0.253 e. The normalized spacial score (nSPS) is 14.8. The Hall–Kier alpha value is -2.95. The molecule has 2 amide bonds. The van der Waals surface area contributed by atoms with Crippen LogP contribution < -0.4 is 10.1 Å². The first-order chi connectivity index (χ1) is 15.7. The van der Waals surface area contributed by atoms with Crippen LogP contribution in [0.2, 0.25) is 0 Å². The molecule has 0 atom stereocenters. The van der Waals surface area contributed by atoms with E-state index in [2.05, 4.69) is 10.2 Å². The maximum atomic E-state index is 12.8. The van der Waals surface area contributed by atoms with Gasteiger partial charge in [-0.15, -0.1) is 0 Å². The largest absolute Gasteiger partial charge is 0.497 e. The first kappa shape index (κ1) is 24.7. The molecule has 10 heteroatoms. The summed E-state index contributed by atoms with van der Waals surface area (Å²) in [6.07, 6.45) is 0. The number of ether oxygens (including phenoxy) is 1. The van der Waals surface area contributed by atoms with Gasteiger partial charge >= 0.3 is 0 Å². The van der Waals surface area contributed by atoms with E-state index in [1.807, 2.05) is 0 Å². The second-order valence-electron chi connectivity index (χ2n) is 7.93. The summed E-state index contributed by atoms with van der Waals surface area (Å²) in [5.74, 6) is 0.455. The summed E-state index contributed by atoms with van der Waals surface area (Å²) in [4.78, 5) is 29.2. The van der Waals surface area contributed by atoms with Crippen molar-refractivity contribution in [1.82, 2.24) is 19.4 Å². The van der Waals surface area contributed by atoms with Crippen LogP contribution in [0.1, 0.15) is 20.7 Å². The number of hydrogen-bond acceptors (Lipinski definition) is 6. The second-order valence-corrected chi connectivity index (χ2v) is 10.1. The molecule has 0 spiro atoms. The highest BCUT2D eigenvalue weighted by Gasteiger charge is 2.23. The van der Waals surface area contributed by atoms with Gasteiger partial charge in [-0.25, -0.2) is 12.7 Å². The Kier molecular flexibility index (Phi) is 8.06. The van der Waals surface area contributed by atoms with Gasteiger partial charge in [-0.05, 0) is 48.5 Å². The molecule has 178 valence electrons. The minimum absolute atomic E-state index is 0.115. The van der Waals surface area contributed by atoms with Crippen molar-refractivity contribution in [2.75, 3.05) is 60.5 Å². The fourth-order valence-electron chi connectivity index (χ4n) is 3.51. The molecule has 3 rings (SSSR count). The maximum Gasteiger partial charge on any atom is 0.253 e. The molecule has 2 aromatic rings. The predicted octanol–water partition coefficient (Wildman–Crippen LogP) is 1.13. The highest BCUT2D eigenvalue weighted by Crippen LogP contribution is 2.16. The fraction of sp³-hybridized carbons (Fsp3) is 0.391. The predicted molar refractivity (Wildman–Crippen MR) is 125 cm³/mol. The number of methoxy groups -OCH3 is 1. The van der Waals surface area contributed by atoms with E-state index in [1.54, 1.807) is 48.4 Å². The Morgan fingerprint density at radius 2 is 1.52 bits per heavy atom. The molecule has 0 radical (unpaired) electrons. The topological polar surface area (TPSA) is 99.3 Å². The van der Waals surface area contributed by atoms with Crippen LogP contribution in [0.15, 0.2) is 53.4 Å². The Labute approximate surface area is 195 Å². The minimum Gasteiger partial charge on any atom is -0.497 e. The molecule has 1 saturated heterocycles. The zero-order chi connectivity index (χ0) is 24.0. The summed E-state index contributed by atoms with van der Waals surface area (Å²) < 4.78 is 30.6. The molecule has 0 bridgehead atoms. The lowest BCUT2D eigenvalue weighted by molar-refractivity contribution is 0.0638. The van der Waals surface area contributed by atoms with Crippen LogP contribution >= 0.6 is 0 Å². The highest BCUT2D eigenvalue weighted by molar-refractivity contribution is 7.89. The van der Waals surface area contributed by atoms with Crippen molar-refractivity contribution < 1.29 is 22.7 Å². The van der Waals surface area contributed by atoms with Crippen LogP contribution in [-0.2, 0) is 10.0 Å². The van der Waals surface area contributed by atoms with Crippen LogP contribution in [0.3, 0.4) is 0 Å². The monoisotopic (exact) mass is 474 g/mol. The molecule has 0 aliphatic carbocycles. The van der Waals surface area contributed by atoms with E-state index in [0.29, 0.717) is 56.1 Å². The van der Waals surface area contributed by atoms with Crippen molar-refractivity contribution in [2.24, 2.45) is 0 Å². The van der Waals surface area contributed by atoms with Gasteiger partial charge in [-0.3, -0.25) is 14.5 Å². The van der Waals surface area contributed by atoms with E-state index in [-0.39, 0.29) is 16.7 Å². The molecule has 0 unspecified atom stereocenters. The van der Waals surface area contributed by atoms with Crippen LogP contribution in [0.4, 0.5) is 0 Å². The zero-order valence-electron chi connectivity index (χ0n) is 19.2. The minimum atomic E-state index is -3.52. The van der Waals surface area contributed by atoms with Gasteiger partial charge in [0, 0.05) is 64.5 Å². The molecule has 0 aromatic heterocycles. The average molecular weight is 475 g/mol. The number of sulfonamides is 1. The average Bonchev–Trinajstić information content (AvgIpc) is 2.84. The number of amides is 2. The van der Waals surface area contributed by atoms with Gasteiger partial charge in [0.25, 0.3) is 11.8 Å². The number of nitrogens with one attached hydrogen (secondary N) is 1. The van der Waals surface area contributed by atoms with Crippen molar-refractivity contribution in [3.8, 4) is 5.75 Å². The first-order valence-corrected chi connectivity index (χ1v) is 12.1. The Balaban J connectivity index is 1.44. The maximum absolute atomic E-state index is 12.8. The quantitative estimate of drug-likeness (QED) is 0.616. The molecule has 33 heavy (non-hydrogen) atoms. The van der Waals surface area contributed by atoms with E-state index < -0.39 is 10.0 Å². The summed E-state index contributed by atoms with van der Waals surface area (Å²) >= 11 is 0. The fourth-order valence-corrected chi connectivity index (χ4v) is 4.41. The zero-order valence-corrected chi connectivity index (χ0v) is 20.0. The standard InChI is InChI=1S/C23H30N4O5S/c1-25(2)33(30,31)21-10-6-19(7-11-21)23(29)27-16-14-26(15-17-27)13-12-24-22(28)18-4-8-20(32-3)9-5-18/h4-11H,12-17H2,1-3H3,(H,24,28). The SMILES string of the molecule is COc1ccc(C(=O)NCCN2CCN(C(=O)c3ccc(S(=O)(=O)N(C)C)cc3)CC2)cc1. The van der Waals surface area contributed by atoms with E-state index in [0.717, 1.165) is 4.31 Å². The lowest BCUT2D eigenvalue weighted by Gasteiger charge is -2.34. The number of nitrogens with zero attached hydrogens (tertiary/aromatic N) is 3. The molecular formula is C23H30N4O5S. The Morgan fingerprint density at radius 3 is 2.06 bits per heavy atom. The van der Waals surface area contributed by atoms with Gasteiger partial charge in [0.1, 0.15) is 5.75 Å². The molecule has 0 saturated carbocycles. The van der Waals surface area contributed by atoms with Gasteiger partial charge in [0.2, 0.25) is 10.0 Å². The summed E-state index contributed by atoms with van der Waals surface area (Å²) in [7, 11) is 1.00. The van der Waals surface area contributed by atoms with E-state index in [4.69, 9.17) is 4.74 Å². The Bertz CT molecular complexity index is 1060. The summed E-state index contributed by atoms with van der Waals surface area (Å²) in [6.45, 7) is 3.77. The van der Waals surface area contributed by atoms with E-state index >= 15 is 0 Å². The number of hydrogen-bond donors (Lipinski definition) is 1. The third-order valence-electron chi connectivity index (χ3n) is 5.61. The number of piperazine rings is 1. The van der Waals surface area contributed by atoms with Crippen molar-refractivity contribution in [2.45, 2.75) is 4.90 Å². The molecule has 2 aromatic carbocycles. The van der Waals surface area contributed by atoms with Crippen molar-refractivity contribution in [1.29, 1.82) is 0 Å². The van der Waals surface area contributed by atoms with Crippen molar-refractivity contribution in [3.05, 3.63) is 59.7 Å². The van der Waals surface area contributed by atoms with Crippen LogP contribution in [0.25, 0.3) is 0 Å². The van der Waals surface area contributed by atoms with Crippen molar-refractivity contribution >= 4 is 21.8 Å². The lowest BCUT2D eigenvalue weighted by atomic mass is 10.2. The molecule has 9 nitrogen and oxygen atoms in total. The third kappa shape index (κ3) is 6.10. The molecule has 1 heterocycles. The second kappa shape index (κ2) is 10.8.